The molecule has 0 spiro atoms. The van der Waals surface area contributed by atoms with Gasteiger partial charge in [0, 0.05) is 30.8 Å². The summed E-state index contributed by atoms with van der Waals surface area (Å²) < 4.78 is 4.91. The number of esters is 1. The minimum atomic E-state index is -0.669. The number of ether oxygens (including phenoxy) is 1. The first-order valence-corrected chi connectivity index (χ1v) is 8.19. The van der Waals surface area contributed by atoms with Gasteiger partial charge < -0.3 is 20.3 Å². The van der Waals surface area contributed by atoms with E-state index in [1.54, 1.807) is 29.2 Å². The van der Waals surface area contributed by atoms with E-state index >= 15 is 0 Å². The van der Waals surface area contributed by atoms with Gasteiger partial charge >= 0.3 is 5.97 Å². The number of amides is 3. The normalized spacial score (nSPS) is 19.7. The average Bonchev–Trinajstić information content (AvgIpc) is 3.22. The molecule has 3 rings (SSSR count). The molecular formula is C17H19N3O5. The van der Waals surface area contributed by atoms with E-state index in [0.717, 1.165) is 12.1 Å². The highest BCUT2D eigenvalue weighted by Gasteiger charge is 2.28. The monoisotopic (exact) mass is 345 g/mol. The summed E-state index contributed by atoms with van der Waals surface area (Å²) in [4.78, 5) is 48.0. The van der Waals surface area contributed by atoms with Crippen LogP contribution in [0.15, 0.2) is 24.3 Å². The van der Waals surface area contributed by atoms with Gasteiger partial charge in [0.25, 0.3) is 5.91 Å². The maximum absolute atomic E-state index is 11.8. The number of rotatable bonds is 5. The second-order valence-corrected chi connectivity index (χ2v) is 6.01. The van der Waals surface area contributed by atoms with Crippen LogP contribution in [-0.2, 0) is 23.9 Å². The molecule has 2 fully saturated rings. The van der Waals surface area contributed by atoms with Gasteiger partial charge in [0.05, 0.1) is 0 Å². The van der Waals surface area contributed by atoms with Gasteiger partial charge in [-0.05, 0) is 37.1 Å². The fourth-order valence-electron chi connectivity index (χ4n) is 2.87. The van der Waals surface area contributed by atoms with E-state index in [-0.39, 0.29) is 18.2 Å². The smallest absolute Gasteiger partial charge is 0.329 e. The predicted molar refractivity (Wildman–Crippen MR) is 88.8 cm³/mol. The van der Waals surface area contributed by atoms with E-state index in [9.17, 15) is 19.2 Å². The third-order valence-corrected chi connectivity index (χ3v) is 4.16. The number of nitrogens with one attached hydrogen (secondary N) is 2. The Balaban J connectivity index is 1.47. The van der Waals surface area contributed by atoms with Gasteiger partial charge in [0.15, 0.2) is 6.61 Å². The highest BCUT2D eigenvalue weighted by Crippen LogP contribution is 2.23. The lowest BCUT2D eigenvalue weighted by Gasteiger charge is -2.16. The first-order chi connectivity index (χ1) is 12.0. The Bertz CT molecular complexity index is 701. The minimum absolute atomic E-state index is 0.0997. The molecule has 2 aliphatic rings. The van der Waals surface area contributed by atoms with Crippen molar-refractivity contribution >= 4 is 35.1 Å². The zero-order chi connectivity index (χ0) is 17.8. The summed E-state index contributed by atoms with van der Waals surface area (Å²) >= 11 is 0. The number of benzene rings is 1. The van der Waals surface area contributed by atoms with Crippen LogP contribution in [0.1, 0.15) is 25.7 Å². The van der Waals surface area contributed by atoms with E-state index in [2.05, 4.69) is 10.6 Å². The summed E-state index contributed by atoms with van der Waals surface area (Å²) in [5, 5.41) is 5.10. The number of hydrogen-bond acceptors (Lipinski definition) is 5. The molecule has 132 valence electrons. The van der Waals surface area contributed by atoms with Crippen molar-refractivity contribution in [3.63, 3.8) is 0 Å². The Kier molecular flexibility index (Phi) is 4.97. The van der Waals surface area contributed by atoms with E-state index in [4.69, 9.17) is 4.74 Å². The van der Waals surface area contributed by atoms with Crippen molar-refractivity contribution < 1.29 is 23.9 Å². The molecule has 2 N–H and O–H groups in total. The lowest BCUT2D eigenvalue weighted by molar-refractivity contribution is -0.149. The third-order valence-electron chi connectivity index (χ3n) is 4.16. The van der Waals surface area contributed by atoms with Crippen LogP contribution < -0.4 is 15.5 Å². The molecule has 1 aromatic carbocycles. The van der Waals surface area contributed by atoms with Crippen LogP contribution in [-0.4, -0.2) is 42.9 Å². The molecule has 0 unspecified atom stereocenters. The Labute approximate surface area is 144 Å². The molecule has 2 heterocycles. The highest BCUT2D eigenvalue weighted by molar-refractivity contribution is 5.96. The van der Waals surface area contributed by atoms with Crippen LogP contribution >= 0.6 is 0 Å². The molecule has 0 bridgehead atoms. The minimum Gasteiger partial charge on any atom is -0.454 e. The quantitative estimate of drug-likeness (QED) is 0.759. The Morgan fingerprint density at radius 2 is 1.96 bits per heavy atom. The molecule has 8 heteroatoms. The standard InChI is InChI=1S/C17H19N3O5/c21-14-8-7-13(19-14)17(24)25-10-15(22)18-11-3-5-12(6-4-11)20-9-1-2-16(20)23/h3-6,13H,1-2,7-10H2,(H,18,22)(H,19,21)/t13-/m0/s1. The van der Waals surface area contributed by atoms with Crippen molar-refractivity contribution in [3.05, 3.63) is 24.3 Å². The maximum atomic E-state index is 11.8. The number of carbonyl (C=O) groups is 4. The number of anilines is 2. The molecule has 0 radical (unpaired) electrons. The molecule has 0 saturated carbocycles. The molecule has 0 aromatic heterocycles. The van der Waals surface area contributed by atoms with E-state index < -0.39 is 24.5 Å². The van der Waals surface area contributed by atoms with Crippen LogP contribution in [0.5, 0.6) is 0 Å². The topological polar surface area (TPSA) is 105 Å². The third kappa shape index (κ3) is 4.14. The second-order valence-electron chi connectivity index (χ2n) is 6.01. The van der Waals surface area contributed by atoms with Crippen LogP contribution in [0.2, 0.25) is 0 Å². The van der Waals surface area contributed by atoms with Crippen molar-refractivity contribution in [1.82, 2.24) is 5.32 Å². The van der Waals surface area contributed by atoms with Gasteiger partial charge in [-0.1, -0.05) is 0 Å². The highest BCUT2D eigenvalue weighted by atomic mass is 16.5. The van der Waals surface area contributed by atoms with Gasteiger partial charge in [0.2, 0.25) is 11.8 Å². The summed E-state index contributed by atoms with van der Waals surface area (Å²) in [5.74, 6) is -1.17. The fourth-order valence-corrected chi connectivity index (χ4v) is 2.87. The SMILES string of the molecule is O=C(COC(=O)[C@@H]1CCC(=O)N1)Nc1ccc(N2CCCC2=O)cc1. The number of hydrogen-bond donors (Lipinski definition) is 2. The summed E-state index contributed by atoms with van der Waals surface area (Å²) in [7, 11) is 0. The van der Waals surface area contributed by atoms with E-state index in [0.29, 0.717) is 25.1 Å². The molecule has 1 aromatic rings. The predicted octanol–water partition coefficient (Wildman–Crippen LogP) is 0.574. The number of nitrogens with zero attached hydrogens (tertiary/aromatic N) is 1. The van der Waals surface area contributed by atoms with E-state index in [1.165, 1.54) is 0 Å². The molecule has 0 aliphatic carbocycles. The molecule has 25 heavy (non-hydrogen) atoms. The fraction of sp³-hybridized carbons (Fsp3) is 0.412. The largest absolute Gasteiger partial charge is 0.454 e. The Morgan fingerprint density at radius 3 is 2.56 bits per heavy atom. The van der Waals surface area contributed by atoms with Crippen LogP contribution in [0.4, 0.5) is 11.4 Å². The Morgan fingerprint density at radius 1 is 1.20 bits per heavy atom. The van der Waals surface area contributed by atoms with Crippen molar-refractivity contribution in [2.75, 3.05) is 23.4 Å². The molecule has 1 atom stereocenters. The molecular weight excluding hydrogens is 326 g/mol. The lowest BCUT2D eigenvalue weighted by Crippen LogP contribution is -2.36. The van der Waals surface area contributed by atoms with Crippen LogP contribution in [0, 0.1) is 0 Å². The van der Waals surface area contributed by atoms with Gasteiger partial charge in [-0.2, -0.15) is 0 Å². The molecule has 2 saturated heterocycles. The van der Waals surface area contributed by atoms with Gasteiger partial charge in [-0.3, -0.25) is 14.4 Å². The van der Waals surface area contributed by atoms with Gasteiger partial charge in [-0.15, -0.1) is 0 Å². The zero-order valence-electron chi connectivity index (χ0n) is 13.6. The van der Waals surface area contributed by atoms with Crippen LogP contribution in [0.25, 0.3) is 0 Å². The van der Waals surface area contributed by atoms with Crippen molar-refractivity contribution in [1.29, 1.82) is 0 Å². The maximum Gasteiger partial charge on any atom is 0.329 e. The summed E-state index contributed by atoms with van der Waals surface area (Å²) in [5.41, 5.74) is 1.34. The second kappa shape index (κ2) is 7.33. The average molecular weight is 345 g/mol. The Hall–Kier alpha value is -2.90. The lowest BCUT2D eigenvalue weighted by atomic mass is 10.2. The first-order valence-electron chi connectivity index (χ1n) is 8.19. The summed E-state index contributed by atoms with van der Waals surface area (Å²) in [6.45, 7) is 0.287. The van der Waals surface area contributed by atoms with Crippen LogP contribution in [0.3, 0.4) is 0 Å². The van der Waals surface area contributed by atoms with Crippen molar-refractivity contribution in [2.24, 2.45) is 0 Å². The zero-order valence-corrected chi connectivity index (χ0v) is 13.6. The van der Waals surface area contributed by atoms with Crippen molar-refractivity contribution in [2.45, 2.75) is 31.7 Å². The summed E-state index contributed by atoms with van der Waals surface area (Å²) in [6.07, 6.45) is 2.09. The summed E-state index contributed by atoms with van der Waals surface area (Å²) in [6, 6.07) is 6.24. The first kappa shape index (κ1) is 16.9. The van der Waals surface area contributed by atoms with Gasteiger partial charge in [0.1, 0.15) is 6.04 Å². The van der Waals surface area contributed by atoms with E-state index in [1.807, 2.05) is 0 Å². The van der Waals surface area contributed by atoms with Crippen molar-refractivity contribution in [3.8, 4) is 0 Å². The molecule has 2 aliphatic heterocycles. The molecule has 8 nitrogen and oxygen atoms in total. The number of carbonyl (C=O) groups excluding carboxylic acids is 4. The van der Waals surface area contributed by atoms with Gasteiger partial charge in [-0.25, -0.2) is 4.79 Å². The molecule has 3 amide bonds.